The van der Waals surface area contributed by atoms with E-state index in [1.165, 1.54) is 17.3 Å². The second kappa shape index (κ2) is 7.43. The van der Waals surface area contributed by atoms with Crippen LogP contribution in [0.15, 0.2) is 63.5 Å². The minimum Gasteiger partial charge on any atom is -0.453 e. The lowest BCUT2D eigenvalue weighted by molar-refractivity contribution is -0.0349. The quantitative estimate of drug-likeness (QED) is 0.700. The topological polar surface area (TPSA) is 56.3 Å². The van der Waals surface area contributed by atoms with Crippen LogP contribution < -0.4 is 0 Å². The summed E-state index contributed by atoms with van der Waals surface area (Å²) in [5, 5.41) is 9.60. The number of furan rings is 1. The van der Waals surface area contributed by atoms with Crippen LogP contribution in [0, 0.1) is 0 Å². The molecule has 3 aromatic rings. The van der Waals surface area contributed by atoms with Crippen LogP contribution in [0.4, 0.5) is 0 Å². The lowest BCUT2D eigenvalue weighted by atomic mass is 10.1. The van der Waals surface area contributed by atoms with Crippen LogP contribution in [-0.4, -0.2) is 39.4 Å². The van der Waals surface area contributed by atoms with E-state index < -0.39 is 0 Å². The maximum atomic E-state index is 5.96. The van der Waals surface area contributed by atoms with Gasteiger partial charge in [0.25, 0.3) is 0 Å². The van der Waals surface area contributed by atoms with Crippen LogP contribution in [0.25, 0.3) is 0 Å². The molecule has 1 aromatic carbocycles. The molecular weight excluding hydrogens is 336 g/mol. The van der Waals surface area contributed by atoms with E-state index in [0.29, 0.717) is 0 Å². The standard InChI is InChI=1S/C18H20N4O2S/c1-21-13-19-20-18(21)25-17-8-7-15(24-17)11-22-9-10-23-16(12-22)14-5-3-2-4-6-14/h2-8,13,16H,9-12H2,1H3/t16-/m1/s1. The number of nitrogens with zero attached hydrogens (tertiary/aromatic N) is 4. The Balaban J connectivity index is 1.38. The van der Waals surface area contributed by atoms with Gasteiger partial charge in [-0.15, -0.1) is 10.2 Å². The summed E-state index contributed by atoms with van der Waals surface area (Å²) in [5.41, 5.74) is 1.23. The molecule has 0 N–H and O–H groups in total. The van der Waals surface area contributed by atoms with Crippen molar-refractivity contribution in [2.45, 2.75) is 22.9 Å². The molecule has 1 saturated heterocycles. The Bertz CT molecular complexity index is 817. The van der Waals surface area contributed by atoms with Crippen molar-refractivity contribution in [2.24, 2.45) is 7.05 Å². The van der Waals surface area contributed by atoms with Crippen molar-refractivity contribution in [2.75, 3.05) is 19.7 Å². The molecule has 0 bridgehead atoms. The average molecular weight is 356 g/mol. The Morgan fingerprint density at radius 1 is 1.20 bits per heavy atom. The van der Waals surface area contributed by atoms with Crippen molar-refractivity contribution in [1.82, 2.24) is 19.7 Å². The Hall–Kier alpha value is -2.09. The molecule has 0 amide bonds. The van der Waals surface area contributed by atoms with Crippen LogP contribution in [0.5, 0.6) is 0 Å². The number of morpholine rings is 1. The van der Waals surface area contributed by atoms with E-state index in [4.69, 9.17) is 9.15 Å². The smallest absolute Gasteiger partial charge is 0.198 e. The molecule has 1 aliphatic heterocycles. The Kier molecular flexibility index (Phi) is 4.87. The maximum absolute atomic E-state index is 5.96. The van der Waals surface area contributed by atoms with E-state index in [1.54, 1.807) is 6.33 Å². The largest absolute Gasteiger partial charge is 0.453 e. The van der Waals surface area contributed by atoms with Crippen LogP contribution in [-0.2, 0) is 18.3 Å². The van der Waals surface area contributed by atoms with E-state index in [0.717, 1.165) is 42.3 Å². The highest BCUT2D eigenvalue weighted by Crippen LogP contribution is 2.28. The molecule has 0 saturated carbocycles. The third-order valence-corrected chi connectivity index (χ3v) is 5.17. The molecule has 25 heavy (non-hydrogen) atoms. The minimum atomic E-state index is 0.123. The highest BCUT2D eigenvalue weighted by atomic mass is 32.2. The molecule has 2 aromatic heterocycles. The zero-order valence-electron chi connectivity index (χ0n) is 14.0. The van der Waals surface area contributed by atoms with Crippen LogP contribution in [0.1, 0.15) is 17.4 Å². The predicted octanol–water partition coefficient (Wildman–Crippen LogP) is 3.13. The summed E-state index contributed by atoms with van der Waals surface area (Å²) in [6, 6.07) is 14.4. The number of hydrogen-bond donors (Lipinski definition) is 0. The van der Waals surface area contributed by atoms with Gasteiger partial charge in [-0.2, -0.15) is 0 Å². The van der Waals surface area contributed by atoms with Crippen molar-refractivity contribution in [3.63, 3.8) is 0 Å². The monoisotopic (exact) mass is 356 g/mol. The number of rotatable bonds is 5. The number of benzene rings is 1. The van der Waals surface area contributed by atoms with Crippen molar-refractivity contribution in [3.8, 4) is 0 Å². The first-order valence-electron chi connectivity index (χ1n) is 8.27. The zero-order chi connectivity index (χ0) is 17.1. The fraction of sp³-hybridized carbons (Fsp3) is 0.333. The average Bonchev–Trinajstić information content (AvgIpc) is 3.26. The molecule has 1 atom stereocenters. The van der Waals surface area contributed by atoms with E-state index in [9.17, 15) is 0 Å². The first-order chi connectivity index (χ1) is 12.3. The van der Waals surface area contributed by atoms with Crippen LogP contribution in [0.3, 0.4) is 0 Å². The fourth-order valence-electron chi connectivity index (χ4n) is 2.89. The second-order valence-corrected chi connectivity index (χ2v) is 7.02. The first-order valence-corrected chi connectivity index (χ1v) is 9.09. The summed E-state index contributed by atoms with van der Waals surface area (Å²) < 4.78 is 13.8. The zero-order valence-corrected chi connectivity index (χ0v) is 14.9. The molecule has 0 spiro atoms. The molecule has 6 nitrogen and oxygen atoms in total. The fourth-order valence-corrected chi connectivity index (χ4v) is 3.63. The summed E-state index contributed by atoms with van der Waals surface area (Å²) in [7, 11) is 1.92. The predicted molar refractivity (Wildman–Crippen MR) is 94.2 cm³/mol. The first kappa shape index (κ1) is 16.4. The SMILES string of the molecule is Cn1cnnc1Sc1ccc(CN2CCO[C@@H](c3ccccc3)C2)o1. The van der Waals surface area contributed by atoms with Crippen molar-refractivity contribution in [1.29, 1.82) is 0 Å². The molecule has 1 fully saturated rings. The van der Waals surface area contributed by atoms with Gasteiger partial charge < -0.3 is 13.7 Å². The van der Waals surface area contributed by atoms with Gasteiger partial charge in [0, 0.05) is 20.1 Å². The summed E-state index contributed by atoms with van der Waals surface area (Å²) in [6.45, 7) is 3.30. The minimum absolute atomic E-state index is 0.123. The number of aromatic nitrogens is 3. The van der Waals surface area contributed by atoms with Crippen LogP contribution in [0.2, 0.25) is 0 Å². The normalized spacial score (nSPS) is 18.5. The van der Waals surface area contributed by atoms with E-state index in [1.807, 2.05) is 29.8 Å². The Labute approximate surface area is 150 Å². The van der Waals surface area contributed by atoms with Gasteiger partial charge in [0.1, 0.15) is 12.1 Å². The lowest BCUT2D eigenvalue weighted by Gasteiger charge is -2.32. The van der Waals surface area contributed by atoms with E-state index in [2.05, 4.69) is 39.4 Å². The van der Waals surface area contributed by atoms with Gasteiger partial charge in [-0.05, 0) is 29.5 Å². The molecule has 130 valence electrons. The number of ether oxygens (including phenoxy) is 1. The summed E-state index contributed by atoms with van der Waals surface area (Å²) in [6.07, 6.45) is 1.81. The molecule has 1 aliphatic rings. The molecule has 3 heterocycles. The molecule has 0 aliphatic carbocycles. The van der Waals surface area contributed by atoms with Crippen molar-refractivity contribution in [3.05, 3.63) is 60.1 Å². The summed E-state index contributed by atoms with van der Waals surface area (Å²) >= 11 is 1.48. The van der Waals surface area contributed by atoms with Gasteiger partial charge in [-0.25, -0.2) is 0 Å². The summed E-state index contributed by atoms with van der Waals surface area (Å²) in [4.78, 5) is 2.37. The highest BCUT2D eigenvalue weighted by molar-refractivity contribution is 7.99. The van der Waals surface area contributed by atoms with Gasteiger partial charge in [0.05, 0.1) is 19.3 Å². The van der Waals surface area contributed by atoms with Gasteiger partial charge in [0.2, 0.25) is 0 Å². The highest BCUT2D eigenvalue weighted by Gasteiger charge is 2.22. The lowest BCUT2D eigenvalue weighted by Crippen LogP contribution is -2.37. The third-order valence-electron chi connectivity index (χ3n) is 4.20. The molecule has 7 heteroatoms. The Morgan fingerprint density at radius 3 is 2.88 bits per heavy atom. The number of hydrogen-bond acceptors (Lipinski definition) is 6. The number of aryl methyl sites for hydroxylation is 1. The third kappa shape index (κ3) is 3.95. The van der Waals surface area contributed by atoms with Gasteiger partial charge >= 0.3 is 0 Å². The maximum Gasteiger partial charge on any atom is 0.198 e. The van der Waals surface area contributed by atoms with E-state index in [-0.39, 0.29) is 6.10 Å². The molecule has 4 rings (SSSR count). The van der Waals surface area contributed by atoms with Crippen molar-refractivity contribution < 1.29 is 9.15 Å². The molecule has 0 unspecified atom stereocenters. The molecule has 0 radical (unpaired) electrons. The van der Waals surface area contributed by atoms with Crippen molar-refractivity contribution >= 4 is 11.8 Å². The van der Waals surface area contributed by atoms with Crippen LogP contribution >= 0.6 is 11.8 Å². The Morgan fingerprint density at radius 2 is 2.08 bits per heavy atom. The van der Waals surface area contributed by atoms with Gasteiger partial charge in [-0.1, -0.05) is 30.3 Å². The van der Waals surface area contributed by atoms with Gasteiger partial charge in [-0.3, -0.25) is 4.90 Å². The van der Waals surface area contributed by atoms with E-state index >= 15 is 0 Å². The summed E-state index contributed by atoms with van der Waals surface area (Å²) in [5.74, 6) is 0.957. The molecular formula is C18H20N4O2S. The van der Waals surface area contributed by atoms with Gasteiger partial charge in [0.15, 0.2) is 10.2 Å². The second-order valence-electron chi connectivity index (χ2n) is 6.05.